The maximum atomic E-state index is 5.56. The molecule has 0 bridgehead atoms. The van der Waals surface area contributed by atoms with E-state index in [4.69, 9.17) is 5.73 Å². The van der Waals surface area contributed by atoms with E-state index in [9.17, 15) is 0 Å². The summed E-state index contributed by atoms with van der Waals surface area (Å²) in [5.41, 5.74) is 6.76. The Hall–Kier alpha value is -0.710. The van der Waals surface area contributed by atoms with Crippen molar-refractivity contribution in [2.45, 2.75) is 32.7 Å². The molecule has 4 heteroatoms. The van der Waals surface area contributed by atoms with Gasteiger partial charge in [-0.1, -0.05) is 20.8 Å². The first-order valence-corrected chi connectivity index (χ1v) is 6.95. The fourth-order valence-electron chi connectivity index (χ4n) is 1.37. The Labute approximate surface area is 104 Å². The first-order chi connectivity index (χ1) is 7.50. The van der Waals surface area contributed by atoms with Crippen molar-refractivity contribution in [2.75, 3.05) is 0 Å². The lowest BCUT2D eigenvalue weighted by molar-refractivity contribution is 0.604. The Morgan fingerprint density at radius 2 is 2.06 bits per heavy atom. The van der Waals surface area contributed by atoms with Crippen LogP contribution in [-0.4, -0.2) is 4.98 Å². The first kappa shape index (κ1) is 11.8. The Bertz CT molecular complexity index is 477. The van der Waals surface area contributed by atoms with Gasteiger partial charge in [0.15, 0.2) is 0 Å². The van der Waals surface area contributed by atoms with Crippen molar-refractivity contribution in [3.8, 4) is 9.88 Å². The predicted octanol–water partition coefficient (Wildman–Crippen LogP) is 3.63. The lowest BCUT2D eigenvalue weighted by Gasteiger charge is -2.15. The molecule has 16 heavy (non-hydrogen) atoms. The molecule has 2 nitrogen and oxygen atoms in total. The van der Waals surface area contributed by atoms with Crippen LogP contribution in [0.5, 0.6) is 0 Å². The van der Waals surface area contributed by atoms with Crippen LogP contribution in [0.4, 0.5) is 0 Å². The molecular formula is C12H16N2S2. The molecule has 86 valence electrons. The minimum absolute atomic E-state index is 0.219. The number of aromatic nitrogens is 1. The summed E-state index contributed by atoms with van der Waals surface area (Å²) >= 11 is 3.49. The van der Waals surface area contributed by atoms with Crippen molar-refractivity contribution >= 4 is 22.7 Å². The normalized spacial score (nSPS) is 12.0. The third-order valence-corrected chi connectivity index (χ3v) is 4.89. The molecule has 0 unspecified atom stereocenters. The van der Waals surface area contributed by atoms with Crippen LogP contribution in [0.15, 0.2) is 17.5 Å². The van der Waals surface area contributed by atoms with E-state index in [2.05, 4.69) is 37.9 Å². The molecule has 0 radical (unpaired) electrons. The van der Waals surface area contributed by atoms with Gasteiger partial charge in [-0.2, -0.15) is 0 Å². The molecule has 0 amide bonds. The summed E-state index contributed by atoms with van der Waals surface area (Å²) in [6, 6.07) is 4.36. The van der Waals surface area contributed by atoms with Gasteiger partial charge in [-0.15, -0.1) is 22.7 Å². The molecule has 2 N–H and O–H groups in total. The van der Waals surface area contributed by atoms with E-state index < -0.39 is 0 Å². The van der Waals surface area contributed by atoms with Crippen molar-refractivity contribution in [3.63, 3.8) is 0 Å². The zero-order valence-electron chi connectivity index (χ0n) is 9.78. The molecule has 2 aromatic heterocycles. The second kappa shape index (κ2) is 4.28. The zero-order chi connectivity index (χ0) is 11.8. The largest absolute Gasteiger partial charge is 0.325 e. The van der Waals surface area contributed by atoms with Crippen LogP contribution in [0.25, 0.3) is 9.88 Å². The SMILES string of the molecule is CC(C)(C)c1ccc(-c2nc(CN)cs2)s1. The van der Waals surface area contributed by atoms with Crippen molar-refractivity contribution in [2.24, 2.45) is 5.73 Å². The fourth-order valence-corrected chi connectivity index (χ4v) is 3.34. The highest BCUT2D eigenvalue weighted by molar-refractivity contribution is 7.21. The van der Waals surface area contributed by atoms with Crippen molar-refractivity contribution in [3.05, 3.63) is 28.1 Å². The standard InChI is InChI=1S/C12H16N2S2/c1-12(2,3)10-5-4-9(16-10)11-14-8(6-13)7-15-11/h4-5,7H,6,13H2,1-3H3. The topological polar surface area (TPSA) is 38.9 Å². The highest BCUT2D eigenvalue weighted by Crippen LogP contribution is 2.36. The van der Waals surface area contributed by atoms with Crippen molar-refractivity contribution < 1.29 is 0 Å². The van der Waals surface area contributed by atoms with Gasteiger partial charge < -0.3 is 5.73 Å². The van der Waals surface area contributed by atoms with Crippen LogP contribution in [0.2, 0.25) is 0 Å². The lowest BCUT2D eigenvalue weighted by atomic mass is 9.95. The first-order valence-electron chi connectivity index (χ1n) is 5.26. The van der Waals surface area contributed by atoms with E-state index >= 15 is 0 Å². The maximum absolute atomic E-state index is 5.56. The lowest BCUT2D eigenvalue weighted by Crippen LogP contribution is -2.07. The van der Waals surface area contributed by atoms with Gasteiger partial charge in [0.05, 0.1) is 10.6 Å². The zero-order valence-corrected chi connectivity index (χ0v) is 11.4. The molecule has 0 aliphatic rings. The molecule has 2 heterocycles. The third kappa shape index (κ3) is 2.34. The highest BCUT2D eigenvalue weighted by Gasteiger charge is 2.17. The summed E-state index contributed by atoms with van der Waals surface area (Å²) in [5.74, 6) is 0. The molecule has 2 aromatic rings. The number of nitrogens with zero attached hydrogens (tertiary/aromatic N) is 1. The number of thiophene rings is 1. The van der Waals surface area contributed by atoms with Crippen LogP contribution >= 0.6 is 22.7 Å². The molecule has 0 aliphatic heterocycles. The van der Waals surface area contributed by atoms with Gasteiger partial charge in [-0.25, -0.2) is 4.98 Å². The van der Waals surface area contributed by atoms with Crippen LogP contribution in [0.1, 0.15) is 31.3 Å². The quantitative estimate of drug-likeness (QED) is 0.886. The smallest absolute Gasteiger partial charge is 0.133 e. The van der Waals surface area contributed by atoms with Gasteiger partial charge in [-0.3, -0.25) is 0 Å². The third-order valence-electron chi connectivity index (χ3n) is 2.32. The number of thiazole rings is 1. The van der Waals surface area contributed by atoms with E-state index in [1.165, 1.54) is 9.75 Å². The summed E-state index contributed by atoms with van der Waals surface area (Å²) in [5, 5.41) is 3.12. The molecule has 0 saturated carbocycles. The number of hydrogen-bond donors (Lipinski definition) is 1. The minimum Gasteiger partial charge on any atom is -0.325 e. The number of rotatable bonds is 2. The Kier molecular flexibility index (Phi) is 3.15. The van der Waals surface area contributed by atoms with Crippen LogP contribution in [-0.2, 0) is 12.0 Å². The average molecular weight is 252 g/mol. The molecule has 0 atom stereocenters. The van der Waals surface area contributed by atoms with E-state index in [0.29, 0.717) is 6.54 Å². The summed E-state index contributed by atoms with van der Waals surface area (Å²) in [4.78, 5) is 7.14. The molecule has 0 aliphatic carbocycles. The van der Waals surface area contributed by atoms with Crippen LogP contribution < -0.4 is 5.73 Å². The van der Waals surface area contributed by atoms with Gasteiger partial charge in [0.25, 0.3) is 0 Å². The molecule has 0 saturated heterocycles. The Morgan fingerprint density at radius 3 is 2.56 bits per heavy atom. The Morgan fingerprint density at radius 1 is 1.31 bits per heavy atom. The maximum Gasteiger partial charge on any atom is 0.133 e. The van der Waals surface area contributed by atoms with E-state index in [0.717, 1.165) is 10.7 Å². The van der Waals surface area contributed by atoms with Gasteiger partial charge in [0, 0.05) is 16.8 Å². The molecule has 0 fully saturated rings. The van der Waals surface area contributed by atoms with Gasteiger partial charge in [0.1, 0.15) is 5.01 Å². The molecule has 2 rings (SSSR count). The number of nitrogens with two attached hydrogens (primary N) is 1. The second-order valence-corrected chi connectivity index (χ2v) is 6.70. The highest BCUT2D eigenvalue weighted by atomic mass is 32.1. The predicted molar refractivity (Wildman–Crippen MR) is 72.0 cm³/mol. The van der Waals surface area contributed by atoms with Crippen molar-refractivity contribution in [1.82, 2.24) is 4.98 Å². The second-order valence-electron chi connectivity index (χ2n) is 4.76. The number of hydrogen-bond acceptors (Lipinski definition) is 4. The summed E-state index contributed by atoms with van der Waals surface area (Å²) < 4.78 is 0. The summed E-state index contributed by atoms with van der Waals surface area (Å²) in [7, 11) is 0. The van der Waals surface area contributed by atoms with Gasteiger partial charge in [0.2, 0.25) is 0 Å². The minimum atomic E-state index is 0.219. The summed E-state index contributed by atoms with van der Waals surface area (Å²) in [6.45, 7) is 7.22. The van der Waals surface area contributed by atoms with Crippen molar-refractivity contribution in [1.29, 1.82) is 0 Å². The monoisotopic (exact) mass is 252 g/mol. The van der Waals surface area contributed by atoms with E-state index in [1.54, 1.807) is 11.3 Å². The van der Waals surface area contributed by atoms with Crippen LogP contribution in [0, 0.1) is 0 Å². The molecule has 0 spiro atoms. The summed E-state index contributed by atoms with van der Waals surface area (Å²) in [6.07, 6.45) is 0. The Balaban J connectivity index is 2.31. The average Bonchev–Trinajstić information content (AvgIpc) is 2.85. The van der Waals surface area contributed by atoms with Gasteiger partial charge >= 0.3 is 0 Å². The van der Waals surface area contributed by atoms with Gasteiger partial charge in [-0.05, 0) is 17.5 Å². The molecular weight excluding hydrogens is 236 g/mol. The van der Waals surface area contributed by atoms with Crippen LogP contribution in [0.3, 0.4) is 0 Å². The van der Waals surface area contributed by atoms with E-state index in [-0.39, 0.29) is 5.41 Å². The fraction of sp³-hybridized carbons (Fsp3) is 0.417. The molecule has 0 aromatic carbocycles. The van der Waals surface area contributed by atoms with E-state index in [1.807, 2.05) is 16.7 Å².